The van der Waals surface area contributed by atoms with Gasteiger partial charge in [-0.3, -0.25) is 4.98 Å². The third kappa shape index (κ3) is 5.24. The van der Waals surface area contributed by atoms with E-state index < -0.39 is 0 Å². The first kappa shape index (κ1) is 29.8. The SMILES string of the molecule is c1ccc(-c2nc(-c3ccc4cc(-c5ccc6ccc7cccnc7c6n5)ccc4c3)nc(-c3ccc(-c4ccccc4)c4ccccc34)n2)cc1. The predicted molar refractivity (Wildman–Crippen MR) is 213 cm³/mol. The maximum absolute atomic E-state index is 5.14. The second-order valence-electron chi connectivity index (χ2n) is 12.9. The molecule has 0 atom stereocenters. The van der Waals surface area contributed by atoms with Crippen LogP contribution in [0.4, 0.5) is 0 Å². The van der Waals surface area contributed by atoms with Crippen LogP contribution in [0.1, 0.15) is 0 Å². The molecule has 0 aliphatic rings. The quantitative estimate of drug-likeness (QED) is 0.171. The molecule has 3 aromatic heterocycles. The number of hydrogen-bond donors (Lipinski definition) is 0. The Balaban J connectivity index is 1.08. The molecular formula is C47H29N5. The fourth-order valence-corrected chi connectivity index (χ4v) is 7.13. The summed E-state index contributed by atoms with van der Waals surface area (Å²) in [6.07, 6.45) is 1.83. The van der Waals surface area contributed by atoms with E-state index in [4.69, 9.17) is 19.9 Å². The van der Waals surface area contributed by atoms with Crippen molar-refractivity contribution < 1.29 is 0 Å². The van der Waals surface area contributed by atoms with Gasteiger partial charge in [0, 0.05) is 39.2 Å². The summed E-state index contributed by atoms with van der Waals surface area (Å²) in [6.45, 7) is 0. The van der Waals surface area contributed by atoms with E-state index in [0.717, 1.165) is 71.3 Å². The molecule has 7 aromatic carbocycles. The molecule has 0 radical (unpaired) electrons. The maximum atomic E-state index is 5.14. The third-order valence-corrected chi connectivity index (χ3v) is 9.74. The van der Waals surface area contributed by atoms with Gasteiger partial charge in [0.15, 0.2) is 17.5 Å². The number of hydrogen-bond acceptors (Lipinski definition) is 5. The summed E-state index contributed by atoms with van der Waals surface area (Å²) < 4.78 is 0. The minimum Gasteiger partial charge on any atom is -0.254 e. The Hall–Kier alpha value is -7.11. The van der Waals surface area contributed by atoms with Crippen molar-refractivity contribution in [1.29, 1.82) is 0 Å². The first-order chi connectivity index (χ1) is 25.7. The summed E-state index contributed by atoms with van der Waals surface area (Å²) in [6, 6.07) is 58.7. The summed E-state index contributed by atoms with van der Waals surface area (Å²) in [7, 11) is 0. The van der Waals surface area contributed by atoms with Crippen molar-refractivity contribution in [3.8, 4) is 56.5 Å². The van der Waals surface area contributed by atoms with Gasteiger partial charge in [0.2, 0.25) is 0 Å². The third-order valence-electron chi connectivity index (χ3n) is 9.74. The van der Waals surface area contributed by atoms with E-state index >= 15 is 0 Å². The predicted octanol–water partition coefficient (Wildman–Crippen LogP) is 11.6. The minimum absolute atomic E-state index is 0.627. The Labute approximate surface area is 300 Å². The summed E-state index contributed by atoms with van der Waals surface area (Å²) >= 11 is 0. The van der Waals surface area contributed by atoms with Crippen LogP contribution in [0.2, 0.25) is 0 Å². The highest BCUT2D eigenvalue weighted by Gasteiger charge is 2.16. The molecule has 0 aliphatic carbocycles. The molecule has 52 heavy (non-hydrogen) atoms. The van der Waals surface area contributed by atoms with Crippen molar-refractivity contribution in [3.05, 3.63) is 176 Å². The van der Waals surface area contributed by atoms with Gasteiger partial charge in [-0.05, 0) is 63.0 Å². The molecule has 0 unspecified atom stereocenters. The Morgan fingerprint density at radius 1 is 0.308 bits per heavy atom. The molecule has 0 N–H and O–H groups in total. The van der Waals surface area contributed by atoms with Gasteiger partial charge in [0.05, 0.1) is 16.7 Å². The van der Waals surface area contributed by atoms with Crippen molar-refractivity contribution in [2.45, 2.75) is 0 Å². The average Bonchev–Trinajstić information content (AvgIpc) is 3.23. The lowest BCUT2D eigenvalue weighted by Crippen LogP contribution is -2.01. The van der Waals surface area contributed by atoms with Crippen LogP contribution in [-0.2, 0) is 0 Å². The molecule has 0 saturated carbocycles. The van der Waals surface area contributed by atoms with Gasteiger partial charge in [-0.2, -0.15) is 0 Å². The number of fused-ring (bicyclic) bond motifs is 5. The second kappa shape index (κ2) is 12.3. The van der Waals surface area contributed by atoms with E-state index in [1.807, 2.05) is 48.7 Å². The van der Waals surface area contributed by atoms with Gasteiger partial charge in [-0.1, -0.05) is 140 Å². The summed E-state index contributed by atoms with van der Waals surface area (Å²) in [5.41, 5.74) is 8.97. The molecule has 0 spiro atoms. The number of aromatic nitrogens is 5. The molecule has 10 aromatic rings. The Morgan fingerprint density at radius 3 is 1.63 bits per heavy atom. The van der Waals surface area contributed by atoms with Crippen molar-refractivity contribution in [1.82, 2.24) is 24.9 Å². The lowest BCUT2D eigenvalue weighted by molar-refractivity contribution is 1.08. The first-order valence-electron chi connectivity index (χ1n) is 17.3. The normalized spacial score (nSPS) is 11.5. The van der Waals surface area contributed by atoms with Gasteiger partial charge >= 0.3 is 0 Å². The van der Waals surface area contributed by atoms with Crippen molar-refractivity contribution in [2.75, 3.05) is 0 Å². The Morgan fingerprint density at radius 2 is 0.865 bits per heavy atom. The molecule has 0 saturated heterocycles. The average molecular weight is 664 g/mol. The van der Waals surface area contributed by atoms with Crippen molar-refractivity contribution in [3.63, 3.8) is 0 Å². The topological polar surface area (TPSA) is 64.5 Å². The van der Waals surface area contributed by atoms with Crippen LogP contribution in [0, 0.1) is 0 Å². The van der Waals surface area contributed by atoms with E-state index in [9.17, 15) is 0 Å². The molecule has 3 heterocycles. The monoisotopic (exact) mass is 663 g/mol. The Bertz CT molecular complexity index is 2960. The summed E-state index contributed by atoms with van der Waals surface area (Å²) in [4.78, 5) is 25.0. The molecule has 10 rings (SSSR count). The number of nitrogens with zero attached hydrogens (tertiary/aromatic N) is 5. The Kier molecular flexibility index (Phi) is 7.07. The van der Waals surface area contributed by atoms with Crippen molar-refractivity contribution >= 4 is 43.4 Å². The first-order valence-corrected chi connectivity index (χ1v) is 17.3. The van der Waals surface area contributed by atoms with E-state index in [-0.39, 0.29) is 0 Å². The highest BCUT2D eigenvalue weighted by Crippen LogP contribution is 2.36. The molecule has 5 heteroatoms. The number of pyridine rings is 2. The zero-order chi connectivity index (χ0) is 34.4. The summed E-state index contributed by atoms with van der Waals surface area (Å²) in [5.74, 6) is 1.90. The fourth-order valence-electron chi connectivity index (χ4n) is 7.13. The molecule has 0 amide bonds. The van der Waals surface area contributed by atoms with Crippen LogP contribution in [0.15, 0.2) is 176 Å². The minimum atomic E-state index is 0.627. The van der Waals surface area contributed by atoms with Gasteiger partial charge in [0.1, 0.15) is 0 Å². The maximum Gasteiger partial charge on any atom is 0.164 e. The molecular weight excluding hydrogens is 635 g/mol. The standard InChI is InChI=1S/C47H29N5/c1-3-10-30(11-4-1)38-24-25-41(40-16-8-7-15-39(38)40)47-51-45(33-12-5-2-6-13-33)50-46(52-47)37-22-20-34-28-36(21-19-35(34)29-37)42-26-23-32-18-17-31-14-9-27-48-43(31)44(32)49-42/h1-29H. The van der Waals surface area contributed by atoms with E-state index in [1.165, 1.54) is 11.1 Å². The lowest BCUT2D eigenvalue weighted by Gasteiger charge is -2.13. The molecule has 0 bridgehead atoms. The van der Waals surface area contributed by atoms with Gasteiger partial charge in [-0.15, -0.1) is 0 Å². The second-order valence-corrected chi connectivity index (χ2v) is 12.9. The zero-order valence-corrected chi connectivity index (χ0v) is 28.0. The van der Waals surface area contributed by atoms with E-state index in [2.05, 4.69) is 132 Å². The van der Waals surface area contributed by atoms with Crippen LogP contribution >= 0.6 is 0 Å². The van der Waals surface area contributed by atoms with Gasteiger partial charge in [0.25, 0.3) is 0 Å². The summed E-state index contributed by atoms with van der Waals surface area (Å²) in [5, 5.41) is 6.61. The zero-order valence-electron chi connectivity index (χ0n) is 28.0. The van der Waals surface area contributed by atoms with E-state index in [0.29, 0.717) is 17.5 Å². The molecule has 0 fully saturated rings. The number of rotatable bonds is 5. The highest BCUT2D eigenvalue weighted by atomic mass is 15.0. The van der Waals surface area contributed by atoms with Crippen LogP contribution in [0.5, 0.6) is 0 Å². The molecule has 0 aliphatic heterocycles. The van der Waals surface area contributed by atoms with Crippen LogP contribution in [-0.4, -0.2) is 24.9 Å². The lowest BCUT2D eigenvalue weighted by atomic mass is 9.94. The smallest absolute Gasteiger partial charge is 0.164 e. The van der Waals surface area contributed by atoms with Gasteiger partial charge < -0.3 is 0 Å². The molecule has 242 valence electrons. The van der Waals surface area contributed by atoms with Crippen molar-refractivity contribution in [2.24, 2.45) is 0 Å². The molecule has 5 nitrogen and oxygen atoms in total. The highest BCUT2D eigenvalue weighted by molar-refractivity contribution is 6.05. The van der Waals surface area contributed by atoms with Crippen LogP contribution in [0.25, 0.3) is 99.9 Å². The fraction of sp³-hybridized carbons (Fsp3) is 0. The van der Waals surface area contributed by atoms with E-state index in [1.54, 1.807) is 0 Å². The number of benzene rings is 7. The van der Waals surface area contributed by atoms with Gasteiger partial charge in [-0.25, -0.2) is 19.9 Å². The van der Waals surface area contributed by atoms with Crippen LogP contribution in [0.3, 0.4) is 0 Å². The largest absolute Gasteiger partial charge is 0.254 e. The van der Waals surface area contributed by atoms with Crippen LogP contribution < -0.4 is 0 Å².